The molecular weight excluding hydrogens is 374 g/mol. The monoisotopic (exact) mass is 395 g/mol. The van der Waals surface area contributed by atoms with Gasteiger partial charge in [-0.05, 0) is 36.6 Å². The van der Waals surface area contributed by atoms with Gasteiger partial charge in [-0.15, -0.1) is 0 Å². The molecule has 0 atom stereocenters. The third-order valence-electron chi connectivity index (χ3n) is 3.82. The van der Waals surface area contributed by atoms with Crippen molar-refractivity contribution in [2.24, 2.45) is 0 Å². The first-order chi connectivity index (χ1) is 12.4. The van der Waals surface area contributed by atoms with Gasteiger partial charge in [0.25, 0.3) is 5.91 Å². The Balaban J connectivity index is 2.03. The number of rotatable bonds is 9. The van der Waals surface area contributed by atoms with Crippen LogP contribution in [0.1, 0.15) is 31.2 Å². The quantitative estimate of drug-likeness (QED) is 0.389. The zero-order valence-corrected chi connectivity index (χ0v) is 16.3. The summed E-state index contributed by atoms with van der Waals surface area (Å²) in [6, 6.07) is 5.40. The zero-order valence-electron chi connectivity index (χ0n) is 14.7. The Morgan fingerprint density at radius 3 is 2.42 bits per heavy atom. The second-order valence-corrected chi connectivity index (χ2v) is 7.36. The van der Waals surface area contributed by atoms with Crippen molar-refractivity contribution in [2.45, 2.75) is 25.7 Å². The summed E-state index contributed by atoms with van der Waals surface area (Å²) in [5.74, 6) is 0.362. The lowest BCUT2D eigenvalue weighted by Gasteiger charge is -2.13. The summed E-state index contributed by atoms with van der Waals surface area (Å²) >= 11 is 6.58. The lowest BCUT2D eigenvalue weighted by Crippen LogP contribution is -2.29. The molecule has 1 N–H and O–H groups in total. The van der Waals surface area contributed by atoms with Gasteiger partial charge in [0.05, 0.1) is 19.1 Å². The summed E-state index contributed by atoms with van der Waals surface area (Å²) < 4.78 is 11.0. The number of carboxylic acid groups (broad SMARTS) is 1. The molecule has 0 bridgehead atoms. The molecule has 0 aromatic heterocycles. The molecule has 1 fully saturated rings. The van der Waals surface area contributed by atoms with Crippen LogP contribution in [0.3, 0.4) is 0 Å². The van der Waals surface area contributed by atoms with Gasteiger partial charge in [0.15, 0.2) is 0 Å². The van der Waals surface area contributed by atoms with E-state index in [1.165, 1.54) is 11.8 Å². The number of nitrogens with zero attached hydrogens (tertiary/aromatic N) is 1. The van der Waals surface area contributed by atoms with Crippen molar-refractivity contribution in [1.82, 2.24) is 4.90 Å². The number of unbranched alkanes of at least 4 members (excludes halogenated alkanes) is 2. The third kappa shape index (κ3) is 5.47. The van der Waals surface area contributed by atoms with Crippen LogP contribution in [0.15, 0.2) is 23.1 Å². The topological polar surface area (TPSA) is 76.1 Å². The number of hydrogen-bond acceptors (Lipinski definition) is 6. The van der Waals surface area contributed by atoms with Crippen LogP contribution in [-0.4, -0.2) is 47.0 Å². The fourth-order valence-corrected chi connectivity index (χ4v) is 3.79. The number of thiocarbonyl (C=S) groups is 1. The maximum absolute atomic E-state index is 12.6. The van der Waals surface area contributed by atoms with Crippen LogP contribution in [0, 0.1) is 0 Å². The van der Waals surface area contributed by atoms with E-state index in [2.05, 4.69) is 0 Å². The molecule has 140 valence electrons. The molecule has 1 aromatic rings. The minimum atomic E-state index is -0.799. The number of carbonyl (C=O) groups excluding carboxylic acids is 1. The van der Waals surface area contributed by atoms with Gasteiger partial charge in [-0.25, -0.2) is 0 Å². The molecule has 0 saturated carbocycles. The standard InChI is InChI=1S/C18H21NO5S2/c1-23-13-8-12(9-14(11-13)24-2)10-15-17(22)19(18(25)26-15)7-5-3-4-6-16(20)21/h8-11H,3-7H2,1-2H3,(H,20,21). The fraction of sp³-hybridized carbons (Fsp3) is 0.389. The Labute approximate surface area is 162 Å². The smallest absolute Gasteiger partial charge is 0.303 e. The number of benzene rings is 1. The summed E-state index contributed by atoms with van der Waals surface area (Å²) in [5, 5.41) is 8.64. The lowest BCUT2D eigenvalue weighted by molar-refractivity contribution is -0.137. The number of ether oxygens (including phenoxy) is 2. The van der Waals surface area contributed by atoms with Gasteiger partial charge in [0.2, 0.25) is 0 Å². The zero-order chi connectivity index (χ0) is 19.1. The molecule has 1 aromatic carbocycles. The molecule has 0 aliphatic carbocycles. The molecule has 1 aliphatic rings. The van der Waals surface area contributed by atoms with Crippen molar-refractivity contribution in [3.05, 3.63) is 28.7 Å². The summed E-state index contributed by atoms with van der Waals surface area (Å²) in [6.45, 7) is 0.503. The van der Waals surface area contributed by atoms with E-state index >= 15 is 0 Å². The van der Waals surface area contributed by atoms with Crippen molar-refractivity contribution in [1.29, 1.82) is 0 Å². The molecular formula is C18H21NO5S2. The third-order valence-corrected chi connectivity index (χ3v) is 5.20. The van der Waals surface area contributed by atoms with Crippen molar-refractivity contribution in [3.8, 4) is 11.5 Å². The largest absolute Gasteiger partial charge is 0.497 e. The van der Waals surface area contributed by atoms with Crippen LogP contribution >= 0.6 is 24.0 Å². The normalized spacial score (nSPS) is 15.6. The predicted molar refractivity (Wildman–Crippen MR) is 106 cm³/mol. The van der Waals surface area contributed by atoms with Crippen LogP contribution in [0.4, 0.5) is 0 Å². The minimum absolute atomic E-state index is 0.125. The van der Waals surface area contributed by atoms with E-state index in [-0.39, 0.29) is 12.3 Å². The maximum atomic E-state index is 12.6. The molecule has 2 rings (SSSR count). The van der Waals surface area contributed by atoms with Crippen molar-refractivity contribution in [3.63, 3.8) is 0 Å². The van der Waals surface area contributed by atoms with E-state index in [0.29, 0.717) is 33.7 Å². The van der Waals surface area contributed by atoms with Gasteiger partial charge in [-0.1, -0.05) is 30.4 Å². The van der Waals surface area contributed by atoms with Gasteiger partial charge in [-0.2, -0.15) is 0 Å². The Bertz CT molecular complexity index is 710. The minimum Gasteiger partial charge on any atom is -0.497 e. The number of hydrogen-bond donors (Lipinski definition) is 1. The number of amides is 1. The average molecular weight is 396 g/mol. The number of carboxylic acids is 1. The number of aliphatic carboxylic acids is 1. The Morgan fingerprint density at radius 1 is 1.19 bits per heavy atom. The SMILES string of the molecule is COc1cc(C=C2SC(=S)N(CCCCCC(=O)O)C2=O)cc(OC)c1. The van der Waals surface area contributed by atoms with Gasteiger partial charge in [-0.3, -0.25) is 14.5 Å². The second-order valence-electron chi connectivity index (χ2n) is 5.68. The highest BCUT2D eigenvalue weighted by Crippen LogP contribution is 2.34. The van der Waals surface area contributed by atoms with E-state index in [0.717, 1.165) is 18.4 Å². The highest BCUT2D eigenvalue weighted by atomic mass is 32.2. The predicted octanol–water partition coefficient (Wildman–Crippen LogP) is 3.55. The molecule has 1 aliphatic heterocycles. The van der Waals surface area contributed by atoms with E-state index in [1.54, 1.807) is 31.3 Å². The molecule has 0 spiro atoms. The van der Waals surface area contributed by atoms with Crippen LogP contribution in [0.5, 0.6) is 11.5 Å². The van der Waals surface area contributed by atoms with Crippen LogP contribution in [-0.2, 0) is 9.59 Å². The average Bonchev–Trinajstić information content (AvgIpc) is 2.87. The molecule has 1 saturated heterocycles. The number of thioether (sulfide) groups is 1. The van der Waals surface area contributed by atoms with Crippen LogP contribution < -0.4 is 9.47 Å². The maximum Gasteiger partial charge on any atom is 0.303 e. The molecule has 8 heteroatoms. The molecule has 0 radical (unpaired) electrons. The lowest BCUT2D eigenvalue weighted by atomic mass is 10.1. The Kier molecular flexibility index (Phi) is 7.47. The number of methoxy groups -OCH3 is 2. The van der Waals surface area contributed by atoms with Gasteiger partial charge < -0.3 is 14.6 Å². The van der Waals surface area contributed by atoms with Crippen molar-refractivity contribution >= 4 is 46.3 Å². The first-order valence-electron chi connectivity index (χ1n) is 8.15. The molecule has 26 heavy (non-hydrogen) atoms. The van der Waals surface area contributed by atoms with Crippen LogP contribution in [0.2, 0.25) is 0 Å². The van der Waals surface area contributed by atoms with E-state index in [1.807, 2.05) is 12.1 Å². The Hall–Kier alpha value is -2.06. The highest BCUT2D eigenvalue weighted by molar-refractivity contribution is 8.26. The molecule has 6 nitrogen and oxygen atoms in total. The first-order valence-corrected chi connectivity index (χ1v) is 9.37. The molecule has 0 unspecified atom stereocenters. The highest BCUT2D eigenvalue weighted by Gasteiger charge is 2.31. The van der Waals surface area contributed by atoms with Crippen LogP contribution in [0.25, 0.3) is 6.08 Å². The summed E-state index contributed by atoms with van der Waals surface area (Å²) in [6.07, 6.45) is 3.99. The van der Waals surface area contributed by atoms with E-state index in [4.69, 9.17) is 26.8 Å². The second kappa shape index (κ2) is 9.59. The first kappa shape index (κ1) is 20.3. The molecule has 1 amide bonds. The van der Waals surface area contributed by atoms with Gasteiger partial charge in [0.1, 0.15) is 15.8 Å². The van der Waals surface area contributed by atoms with E-state index in [9.17, 15) is 9.59 Å². The summed E-state index contributed by atoms with van der Waals surface area (Å²) in [5.41, 5.74) is 0.795. The summed E-state index contributed by atoms with van der Waals surface area (Å²) in [4.78, 5) is 25.2. The van der Waals surface area contributed by atoms with Gasteiger partial charge in [0, 0.05) is 19.0 Å². The fourth-order valence-electron chi connectivity index (χ4n) is 2.48. The number of carbonyl (C=O) groups is 2. The van der Waals surface area contributed by atoms with Gasteiger partial charge >= 0.3 is 5.97 Å². The van der Waals surface area contributed by atoms with E-state index < -0.39 is 5.97 Å². The van der Waals surface area contributed by atoms with Crippen molar-refractivity contribution < 1.29 is 24.2 Å². The summed E-state index contributed by atoms with van der Waals surface area (Å²) in [7, 11) is 3.14. The Morgan fingerprint density at radius 2 is 1.85 bits per heavy atom. The van der Waals surface area contributed by atoms with Crippen molar-refractivity contribution in [2.75, 3.05) is 20.8 Å². The molecule has 1 heterocycles.